The van der Waals surface area contributed by atoms with Gasteiger partial charge in [0.25, 0.3) is 5.91 Å². The van der Waals surface area contributed by atoms with Gasteiger partial charge in [-0.25, -0.2) is 0 Å². The number of carboxylic acid groups (broad SMARTS) is 1. The van der Waals surface area contributed by atoms with Crippen LogP contribution in [0.3, 0.4) is 0 Å². The number of carbonyl (C=O) groups is 2. The Morgan fingerprint density at radius 3 is 2.96 bits per heavy atom. The first-order valence-corrected chi connectivity index (χ1v) is 7.56. The van der Waals surface area contributed by atoms with Gasteiger partial charge < -0.3 is 19.3 Å². The molecule has 0 unspecified atom stereocenters. The molecule has 3 rings (SSSR count). The number of morpholine rings is 1. The maximum atomic E-state index is 12.7. The first kappa shape index (κ1) is 16.1. The summed E-state index contributed by atoms with van der Waals surface area (Å²) in [7, 11) is 0. The second-order valence-electron chi connectivity index (χ2n) is 5.56. The van der Waals surface area contributed by atoms with Crippen molar-refractivity contribution < 1.29 is 24.0 Å². The molecule has 126 valence electrons. The average Bonchev–Trinajstić information content (AvgIpc) is 3.00. The van der Waals surface area contributed by atoms with Crippen LogP contribution in [0.25, 0.3) is 11.4 Å². The lowest BCUT2D eigenvalue weighted by atomic mass is 10.1. The zero-order chi connectivity index (χ0) is 17.1. The number of hydrogen-bond donors (Lipinski definition) is 1. The van der Waals surface area contributed by atoms with Gasteiger partial charge in [-0.3, -0.25) is 9.59 Å². The van der Waals surface area contributed by atoms with Crippen LogP contribution in [0.5, 0.6) is 0 Å². The van der Waals surface area contributed by atoms with Crippen LogP contribution < -0.4 is 0 Å². The van der Waals surface area contributed by atoms with Crippen molar-refractivity contribution in [2.75, 3.05) is 19.7 Å². The fourth-order valence-electron chi connectivity index (χ4n) is 2.61. The molecule has 0 radical (unpaired) electrons. The van der Waals surface area contributed by atoms with E-state index in [4.69, 9.17) is 14.4 Å². The lowest BCUT2D eigenvalue weighted by molar-refractivity contribution is -0.141. The number of aromatic nitrogens is 2. The van der Waals surface area contributed by atoms with E-state index in [9.17, 15) is 9.59 Å². The highest BCUT2D eigenvalue weighted by atomic mass is 16.5. The lowest BCUT2D eigenvalue weighted by Crippen LogP contribution is -2.46. The summed E-state index contributed by atoms with van der Waals surface area (Å²) in [6.07, 6.45) is -0.602. The summed E-state index contributed by atoms with van der Waals surface area (Å²) in [6.45, 7) is 2.71. The van der Waals surface area contributed by atoms with Gasteiger partial charge in [0.2, 0.25) is 11.7 Å². The Kier molecular flexibility index (Phi) is 4.57. The van der Waals surface area contributed by atoms with Crippen LogP contribution in [-0.4, -0.2) is 57.8 Å². The molecule has 0 spiro atoms. The Bertz CT molecular complexity index is 758. The van der Waals surface area contributed by atoms with Gasteiger partial charge in [0.05, 0.1) is 19.1 Å². The minimum atomic E-state index is -0.941. The number of amides is 1. The molecular weight excluding hydrogens is 314 g/mol. The van der Waals surface area contributed by atoms with Crippen molar-refractivity contribution in [3.63, 3.8) is 0 Å². The molecule has 1 amide bonds. The van der Waals surface area contributed by atoms with E-state index >= 15 is 0 Å². The molecule has 1 aliphatic heterocycles. The first-order valence-electron chi connectivity index (χ1n) is 7.56. The van der Waals surface area contributed by atoms with E-state index in [1.165, 1.54) is 0 Å². The molecule has 24 heavy (non-hydrogen) atoms. The molecule has 1 aromatic heterocycles. The molecule has 8 heteroatoms. The molecule has 2 heterocycles. The van der Waals surface area contributed by atoms with Gasteiger partial charge >= 0.3 is 5.97 Å². The van der Waals surface area contributed by atoms with E-state index in [-0.39, 0.29) is 18.9 Å². The van der Waals surface area contributed by atoms with Gasteiger partial charge in [0, 0.05) is 31.1 Å². The number of hydrogen-bond acceptors (Lipinski definition) is 6. The molecule has 0 saturated carbocycles. The van der Waals surface area contributed by atoms with E-state index in [0.717, 1.165) is 0 Å². The van der Waals surface area contributed by atoms with Crippen LogP contribution in [0.15, 0.2) is 28.8 Å². The van der Waals surface area contributed by atoms with E-state index < -0.39 is 12.1 Å². The van der Waals surface area contributed by atoms with Crippen LogP contribution in [-0.2, 0) is 9.53 Å². The maximum Gasteiger partial charge on any atom is 0.306 e. The SMILES string of the molecule is Cc1nc(-c2cccc(C(=O)N3CCO[C@H](CC(=O)O)C3)c2)no1. The van der Waals surface area contributed by atoms with Crippen molar-refractivity contribution >= 4 is 11.9 Å². The molecule has 1 atom stereocenters. The van der Waals surface area contributed by atoms with Gasteiger partial charge in [-0.15, -0.1) is 0 Å². The summed E-state index contributed by atoms with van der Waals surface area (Å²) in [5, 5.41) is 12.7. The zero-order valence-corrected chi connectivity index (χ0v) is 13.1. The third-order valence-electron chi connectivity index (χ3n) is 3.72. The zero-order valence-electron chi connectivity index (χ0n) is 13.1. The van der Waals surface area contributed by atoms with E-state index in [1.807, 2.05) is 0 Å². The summed E-state index contributed by atoms with van der Waals surface area (Å²) < 4.78 is 10.4. The highest BCUT2D eigenvalue weighted by molar-refractivity contribution is 5.95. The van der Waals surface area contributed by atoms with Crippen LogP contribution in [0.1, 0.15) is 22.7 Å². The molecule has 0 aliphatic carbocycles. The predicted octanol–water partition coefficient (Wildman–Crippen LogP) is 1.36. The monoisotopic (exact) mass is 331 g/mol. The summed E-state index contributed by atoms with van der Waals surface area (Å²) in [5.41, 5.74) is 1.18. The lowest BCUT2D eigenvalue weighted by Gasteiger charge is -2.32. The van der Waals surface area contributed by atoms with Crippen molar-refractivity contribution in [1.29, 1.82) is 0 Å². The number of benzene rings is 1. The highest BCUT2D eigenvalue weighted by Gasteiger charge is 2.26. The number of rotatable bonds is 4. The van der Waals surface area contributed by atoms with Crippen LogP contribution in [0.4, 0.5) is 0 Å². The number of aryl methyl sites for hydroxylation is 1. The molecule has 8 nitrogen and oxygen atoms in total. The molecular formula is C16H17N3O5. The fraction of sp³-hybridized carbons (Fsp3) is 0.375. The quantitative estimate of drug-likeness (QED) is 0.901. The Hall–Kier alpha value is -2.74. The normalized spacial score (nSPS) is 17.7. The topological polar surface area (TPSA) is 106 Å². The number of aliphatic carboxylic acids is 1. The largest absolute Gasteiger partial charge is 0.481 e. The van der Waals surface area contributed by atoms with Crippen LogP contribution in [0, 0.1) is 6.92 Å². The molecule has 2 aromatic rings. The van der Waals surface area contributed by atoms with Crippen LogP contribution >= 0.6 is 0 Å². The Morgan fingerprint density at radius 1 is 1.42 bits per heavy atom. The molecule has 1 N–H and O–H groups in total. The summed E-state index contributed by atoms with van der Waals surface area (Å²) in [6, 6.07) is 6.96. The number of ether oxygens (including phenoxy) is 1. The Labute approximate surface area is 138 Å². The van der Waals surface area contributed by atoms with E-state index in [2.05, 4.69) is 10.1 Å². The van der Waals surface area contributed by atoms with Crippen molar-refractivity contribution in [2.24, 2.45) is 0 Å². The third-order valence-corrected chi connectivity index (χ3v) is 3.72. The van der Waals surface area contributed by atoms with Gasteiger partial charge in [0.15, 0.2) is 0 Å². The predicted molar refractivity (Wildman–Crippen MR) is 82.4 cm³/mol. The van der Waals surface area contributed by atoms with Crippen molar-refractivity contribution in [2.45, 2.75) is 19.4 Å². The molecule has 0 bridgehead atoms. The second kappa shape index (κ2) is 6.79. The Balaban J connectivity index is 1.76. The second-order valence-corrected chi connectivity index (χ2v) is 5.56. The van der Waals surface area contributed by atoms with E-state index in [1.54, 1.807) is 36.1 Å². The highest BCUT2D eigenvalue weighted by Crippen LogP contribution is 2.19. The van der Waals surface area contributed by atoms with Crippen molar-refractivity contribution in [1.82, 2.24) is 15.0 Å². The number of carboxylic acids is 1. The maximum absolute atomic E-state index is 12.7. The van der Waals surface area contributed by atoms with Crippen molar-refractivity contribution in [3.05, 3.63) is 35.7 Å². The number of nitrogens with zero attached hydrogens (tertiary/aromatic N) is 3. The van der Waals surface area contributed by atoms with Gasteiger partial charge in [-0.05, 0) is 12.1 Å². The molecule has 1 aliphatic rings. The number of carbonyl (C=O) groups excluding carboxylic acids is 1. The molecule has 1 aromatic carbocycles. The van der Waals surface area contributed by atoms with Crippen LogP contribution in [0.2, 0.25) is 0 Å². The van der Waals surface area contributed by atoms with Crippen molar-refractivity contribution in [3.8, 4) is 11.4 Å². The standard InChI is InChI=1S/C16H17N3O5/c1-10-17-15(18-24-10)11-3-2-4-12(7-11)16(22)19-5-6-23-13(9-19)8-14(20)21/h2-4,7,13H,5-6,8-9H2,1H3,(H,20,21)/t13-/m1/s1. The van der Waals surface area contributed by atoms with Gasteiger partial charge in [0.1, 0.15) is 0 Å². The smallest absolute Gasteiger partial charge is 0.306 e. The molecule has 1 saturated heterocycles. The first-order chi connectivity index (χ1) is 11.5. The summed E-state index contributed by atoms with van der Waals surface area (Å²) in [5.74, 6) is -0.237. The average molecular weight is 331 g/mol. The summed E-state index contributed by atoms with van der Waals surface area (Å²) >= 11 is 0. The minimum Gasteiger partial charge on any atom is -0.481 e. The van der Waals surface area contributed by atoms with Gasteiger partial charge in [-0.2, -0.15) is 4.98 Å². The molecule has 1 fully saturated rings. The fourth-order valence-corrected chi connectivity index (χ4v) is 2.61. The third kappa shape index (κ3) is 3.60. The van der Waals surface area contributed by atoms with E-state index in [0.29, 0.717) is 36.0 Å². The summed E-state index contributed by atoms with van der Waals surface area (Å²) in [4.78, 5) is 29.2. The minimum absolute atomic E-state index is 0.119. The Morgan fingerprint density at radius 2 is 2.25 bits per heavy atom. The van der Waals surface area contributed by atoms with Gasteiger partial charge in [-0.1, -0.05) is 17.3 Å².